The fourth-order valence-corrected chi connectivity index (χ4v) is 2.07. The van der Waals surface area contributed by atoms with Crippen LogP contribution in [-0.4, -0.2) is 19.2 Å². The van der Waals surface area contributed by atoms with Gasteiger partial charge in [0.05, 0.1) is 5.69 Å². The Bertz CT molecular complexity index is 647. The number of carbonyl (C=O) groups excluding carboxylic acids is 1. The van der Waals surface area contributed by atoms with E-state index in [2.05, 4.69) is 4.99 Å². The highest BCUT2D eigenvalue weighted by Crippen LogP contribution is 2.21. The fraction of sp³-hybridized carbons (Fsp3) is 0.176. The Labute approximate surface area is 124 Å². The number of benzene rings is 2. The number of rotatable bonds is 4. The number of nitrogens with zero attached hydrogens (tertiary/aromatic N) is 2. The van der Waals surface area contributed by atoms with Crippen LogP contribution in [0.1, 0.15) is 23.7 Å². The highest BCUT2D eigenvalue weighted by atomic mass is 16.1. The normalized spacial score (nSPS) is 11.2. The van der Waals surface area contributed by atoms with Gasteiger partial charge < -0.3 is 10.6 Å². The molecule has 0 aromatic heterocycles. The van der Waals surface area contributed by atoms with Crippen LogP contribution in [0.4, 0.5) is 17.1 Å². The maximum atomic E-state index is 11.1. The quantitative estimate of drug-likeness (QED) is 0.403. The van der Waals surface area contributed by atoms with E-state index < -0.39 is 0 Å². The summed E-state index contributed by atoms with van der Waals surface area (Å²) in [5.41, 5.74) is 8.73. The summed E-state index contributed by atoms with van der Waals surface area (Å²) in [5.74, 6) is 0.883. The lowest BCUT2D eigenvalue weighted by Crippen LogP contribution is -2.25. The molecule has 0 saturated heterocycles. The number of hydrogen-bond acceptors (Lipinski definition) is 3. The minimum Gasteiger partial charge on any atom is -0.399 e. The number of amidine groups is 1. The lowest BCUT2D eigenvalue weighted by atomic mass is 10.2. The minimum atomic E-state index is 0.592. The first-order valence-corrected chi connectivity index (χ1v) is 6.86. The molecule has 0 unspecified atom stereocenters. The van der Waals surface area contributed by atoms with Crippen LogP contribution in [0.5, 0.6) is 0 Å². The van der Waals surface area contributed by atoms with Crippen LogP contribution in [0.3, 0.4) is 0 Å². The molecule has 0 fully saturated rings. The second kappa shape index (κ2) is 6.70. The van der Waals surface area contributed by atoms with Crippen molar-refractivity contribution in [1.82, 2.24) is 0 Å². The molecular weight excluding hydrogens is 262 g/mol. The highest BCUT2D eigenvalue weighted by molar-refractivity contribution is 6.00. The topological polar surface area (TPSA) is 58.7 Å². The predicted octanol–water partition coefficient (Wildman–Crippen LogP) is 3.66. The monoisotopic (exact) mass is 281 g/mol. The Morgan fingerprint density at radius 2 is 1.86 bits per heavy atom. The number of aldehydes is 1. The summed E-state index contributed by atoms with van der Waals surface area (Å²) in [5, 5.41) is 0. The molecule has 2 rings (SSSR count). The van der Waals surface area contributed by atoms with Crippen molar-refractivity contribution >= 4 is 29.2 Å². The number of para-hydroxylation sites is 1. The van der Waals surface area contributed by atoms with Gasteiger partial charge in [-0.1, -0.05) is 19.1 Å². The number of nitrogens with two attached hydrogens (primary N) is 1. The zero-order valence-electron chi connectivity index (χ0n) is 12.3. The van der Waals surface area contributed by atoms with Gasteiger partial charge in [0, 0.05) is 30.4 Å². The molecule has 0 atom stereocenters. The summed E-state index contributed by atoms with van der Waals surface area (Å²) in [7, 11) is 1.96. The second-order valence-corrected chi connectivity index (χ2v) is 4.71. The van der Waals surface area contributed by atoms with Gasteiger partial charge >= 0.3 is 0 Å². The Hall–Kier alpha value is -2.62. The fourth-order valence-electron chi connectivity index (χ4n) is 2.07. The van der Waals surface area contributed by atoms with E-state index in [-0.39, 0.29) is 0 Å². The van der Waals surface area contributed by atoms with Gasteiger partial charge in [0.25, 0.3) is 0 Å². The summed E-state index contributed by atoms with van der Waals surface area (Å²) in [6.07, 6.45) is 1.59. The molecule has 0 radical (unpaired) electrons. The maximum Gasteiger partial charge on any atom is 0.152 e. The Balaban J connectivity index is 2.36. The van der Waals surface area contributed by atoms with Gasteiger partial charge in [-0.05, 0) is 36.4 Å². The van der Waals surface area contributed by atoms with Crippen molar-refractivity contribution in [2.75, 3.05) is 17.7 Å². The van der Waals surface area contributed by atoms with Crippen molar-refractivity contribution < 1.29 is 4.79 Å². The van der Waals surface area contributed by atoms with Gasteiger partial charge in [0.2, 0.25) is 0 Å². The van der Waals surface area contributed by atoms with Crippen molar-refractivity contribution in [3.63, 3.8) is 0 Å². The van der Waals surface area contributed by atoms with E-state index in [0.29, 0.717) is 11.3 Å². The number of anilines is 2. The molecule has 0 amide bonds. The molecule has 0 heterocycles. The molecule has 0 saturated carbocycles. The van der Waals surface area contributed by atoms with Gasteiger partial charge in [-0.2, -0.15) is 0 Å². The SMILES string of the molecule is CCC(=Nc1ccccc1C=O)N(C)c1ccc(N)cc1. The lowest BCUT2D eigenvalue weighted by Gasteiger charge is -2.21. The smallest absolute Gasteiger partial charge is 0.152 e. The van der Waals surface area contributed by atoms with E-state index in [0.717, 1.165) is 29.9 Å². The summed E-state index contributed by atoms with van der Waals surface area (Å²) >= 11 is 0. The van der Waals surface area contributed by atoms with Crippen LogP contribution >= 0.6 is 0 Å². The van der Waals surface area contributed by atoms with Crippen molar-refractivity contribution in [1.29, 1.82) is 0 Å². The average molecular weight is 281 g/mol. The van der Waals surface area contributed by atoms with Crippen molar-refractivity contribution in [3.05, 3.63) is 54.1 Å². The van der Waals surface area contributed by atoms with Gasteiger partial charge in [0.15, 0.2) is 6.29 Å². The Kier molecular flexibility index (Phi) is 4.72. The summed E-state index contributed by atoms with van der Waals surface area (Å²) in [6.45, 7) is 2.04. The third kappa shape index (κ3) is 3.48. The average Bonchev–Trinajstić information content (AvgIpc) is 2.53. The molecule has 0 aliphatic carbocycles. The molecule has 0 bridgehead atoms. The Morgan fingerprint density at radius 3 is 2.48 bits per heavy atom. The van der Waals surface area contributed by atoms with E-state index in [1.807, 2.05) is 61.3 Å². The summed E-state index contributed by atoms with van der Waals surface area (Å²) < 4.78 is 0. The van der Waals surface area contributed by atoms with Crippen LogP contribution in [-0.2, 0) is 0 Å². The zero-order valence-corrected chi connectivity index (χ0v) is 12.3. The van der Waals surface area contributed by atoms with Crippen molar-refractivity contribution in [3.8, 4) is 0 Å². The standard InChI is InChI=1S/C17H19N3O/c1-3-17(19-16-7-5-4-6-13(16)12-21)20(2)15-10-8-14(18)9-11-15/h4-12H,3,18H2,1-2H3. The molecule has 21 heavy (non-hydrogen) atoms. The van der Waals surface area contributed by atoms with Crippen LogP contribution in [0, 0.1) is 0 Å². The van der Waals surface area contributed by atoms with Crippen LogP contribution < -0.4 is 10.6 Å². The van der Waals surface area contributed by atoms with Gasteiger partial charge in [-0.25, -0.2) is 4.99 Å². The van der Waals surface area contributed by atoms with E-state index in [4.69, 9.17) is 5.73 Å². The molecule has 2 aromatic rings. The molecular formula is C17H19N3O. The first-order valence-electron chi connectivity index (χ1n) is 6.86. The molecule has 4 heteroatoms. The molecule has 0 spiro atoms. The van der Waals surface area contributed by atoms with E-state index in [9.17, 15) is 4.79 Å². The van der Waals surface area contributed by atoms with Crippen LogP contribution in [0.15, 0.2) is 53.5 Å². The van der Waals surface area contributed by atoms with Gasteiger partial charge in [-0.3, -0.25) is 4.79 Å². The van der Waals surface area contributed by atoms with E-state index in [1.165, 1.54) is 0 Å². The van der Waals surface area contributed by atoms with Crippen LogP contribution in [0.2, 0.25) is 0 Å². The van der Waals surface area contributed by atoms with Crippen molar-refractivity contribution in [2.45, 2.75) is 13.3 Å². The third-order valence-corrected chi connectivity index (χ3v) is 3.30. The zero-order chi connectivity index (χ0) is 15.2. The summed E-state index contributed by atoms with van der Waals surface area (Å²) in [6, 6.07) is 14.9. The van der Waals surface area contributed by atoms with Gasteiger partial charge in [-0.15, -0.1) is 0 Å². The molecule has 0 aliphatic heterocycles. The first-order chi connectivity index (χ1) is 10.2. The molecule has 0 aliphatic rings. The maximum absolute atomic E-state index is 11.1. The van der Waals surface area contributed by atoms with E-state index in [1.54, 1.807) is 6.07 Å². The number of nitrogen functional groups attached to an aromatic ring is 1. The number of carbonyl (C=O) groups is 1. The molecule has 4 nitrogen and oxygen atoms in total. The van der Waals surface area contributed by atoms with Gasteiger partial charge in [0.1, 0.15) is 5.84 Å². The predicted molar refractivity (Wildman–Crippen MR) is 88.5 cm³/mol. The largest absolute Gasteiger partial charge is 0.399 e. The highest BCUT2D eigenvalue weighted by Gasteiger charge is 2.08. The van der Waals surface area contributed by atoms with E-state index >= 15 is 0 Å². The third-order valence-electron chi connectivity index (χ3n) is 3.30. The van der Waals surface area contributed by atoms with Crippen molar-refractivity contribution in [2.24, 2.45) is 4.99 Å². The summed E-state index contributed by atoms with van der Waals surface area (Å²) in [4.78, 5) is 17.7. The number of hydrogen-bond donors (Lipinski definition) is 1. The minimum absolute atomic E-state index is 0.592. The lowest BCUT2D eigenvalue weighted by molar-refractivity contribution is 0.112. The molecule has 2 aromatic carbocycles. The number of aliphatic imine (C=N–C) groups is 1. The Morgan fingerprint density at radius 1 is 1.19 bits per heavy atom. The molecule has 108 valence electrons. The second-order valence-electron chi connectivity index (χ2n) is 4.71. The first kappa shape index (κ1) is 14.8. The molecule has 2 N–H and O–H groups in total. The van der Waals surface area contributed by atoms with Crippen LogP contribution in [0.25, 0.3) is 0 Å².